The number of carbonyl (C=O) groups excluding carboxylic acids is 1. The third-order valence-electron chi connectivity index (χ3n) is 6.79. The number of carboxylic acids is 1. The molecule has 0 radical (unpaired) electrons. The summed E-state index contributed by atoms with van der Waals surface area (Å²) < 4.78 is 0. The molecule has 4 rings (SSSR count). The summed E-state index contributed by atoms with van der Waals surface area (Å²) in [5.41, 5.74) is 2.43. The van der Waals surface area contributed by atoms with E-state index in [1.54, 1.807) is 0 Å². The highest BCUT2D eigenvalue weighted by atomic mass is 16.4. The summed E-state index contributed by atoms with van der Waals surface area (Å²) in [6, 6.07) is 8.75. The first-order valence-corrected chi connectivity index (χ1v) is 9.80. The fourth-order valence-corrected chi connectivity index (χ4v) is 5.49. The van der Waals surface area contributed by atoms with Crippen molar-refractivity contribution in [1.29, 1.82) is 0 Å². The Morgan fingerprint density at radius 1 is 1.04 bits per heavy atom. The van der Waals surface area contributed by atoms with Gasteiger partial charge in [-0.3, -0.25) is 9.59 Å². The van der Waals surface area contributed by atoms with Crippen LogP contribution in [0.2, 0.25) is 0 Å². The predicted molar refractivity (Wildman–Crippen MR) is 100 cm³/mol. The van der Waals surface area contributed by atoms with Crippen molar-refractivity contribution in [2.75, 3.05) is 24.5 Å². The predicted octanol–water partition coefficient (Wildman–Crippen LogP) is 2.78. The van der Waals surface area contributed by atoms with Gasteiger partial charge >= 0.3 is 5.97 Å². The van der Waals surface area contributed by atoms with E-state index in [4.69, 9.17) is 0 Å². The molecule has 1 saturated heterocycles. The topological polar surface area (TPSA) is 60.9 Å². The molecule has 2 saturated carbocycles. The van der Waals surface area contributed by atoms with Crippen molar-refractivity contribution in [2.24, 2.45) is 23.7 Å². The molecule has 5 heteroatoms. The van der Waals surface area contributed by atoms with Gasteiger partial charge in [-0.2, -0.15) is 0 Å². The van der Waals surface area contributed by atoms with E-state index < -0.39 is 11.9 Å². The van der Waals surface area contributed by atoms with E-state index >= 15 is 0 Å². The Morgan fingerprint density at radius 2 is 1.69 bits per heavy atom. The van der Waals surface area contributed by atoms with Crippen LogP contribution in [0.15, 0.2) is 24.3 Å². The van der Waals surface area contributed by atoms with Crippen LogP contribution >= 0.6 is 0 Å². The zero-order valence-corrected chi connectivity index (χ0v) is 15.6. The maximum Gasteiger partial charge on any atom is 0.307 e. The first-order valence-electron chi connectivity index (χ1n) is 9.80. The summed E-state index contributed by atoms with van der Waals surface area (Å²) in [5, 5.41) is 9.64. The maximum atomic E-state index is 13.2. The van der Waals surface area contributed by atoms with Gasteiger partial charge in [-0.05, 0) is 57.1 Å². The molecule has 3 fully saturated rings. The highest BCUT2D eigenvalue weighted by Gasteiger charge is 2.55. The van der Waals surface area contributed by atoms with Crippen LogP contribution < -0.4 is 4.90 Å². The number of nitrogens with zero attached hydrogens (tertiary/aromatic N) is 2. The third-order valence-corrected chi connectivity index (χ3v) is 6.79. The van der Waals surface area contributed by atoms with Gasteiger partial charge < -0.3 is 14.9 Å². The molecule has 3 aliphatic rings. The number of piperazine rings is 1. The van der Waals surface area contributed by atoms with Gasteiger partial charge in [0.1, 0.15) is 0 Å². The van der Waals surface area contributed by atoms with Crippen molar-refractivity contribution >= 4 is 17.6 Å². The Kier molecular flexibility index (Phi) is 4.41. The Morgan fingerprint density at radius 3 is 2.31 bits per heavy atom. The van der Waals surface area contributed by atoms with Crippen molar-refractivity contribution in [3.8, 4) is 0 Å². The molecular weight excluding hydrogens is 328 g/mol. The van der Waals surface area contributed by atoms with Crippen LogP contribution in [0.25, 0.3) is 0 Å². The SMILES string of the molecule is Cc1ccc(N2CCN(C(=O)[C@@H]3[C@@H]4CC[C@@H](C4)[C@@H]3C(=O)O)C[C@@H]2C)cc1. The van der Waals surface area contributed by atoms with Gasteiger partial charge in [0.05, 0.1) is 11.8 Å². The molecule has 1 aliphatic heterocycles. The number of benzene rings is 1. The lowest BCUT2D eigenvalue weighted by Gasteiger charge is -2.43. The van der Waals surface area contributed by atoms with Crippen molar-refractivity contribution in [3.05, 3.63) is 29.8 Å². The number of carboxylic acid groups (broad SMARTS) is 1. The van der Waals surface area contributed by atoms with Crippen LogP contribution in [0, 0.1) is 30.6 Å². The van der Waals surface area contributed by atoms with E-state index in [1.807, 2.05) is 4.90 Å². The molecule has 140 valence electrons. The summed E-state index contributed by atoms with van der Waals surface area (Å²) in [6.07, 6.45) is 2.92. The van der Waals surface area contributed by atoms with Crippen LogP contribution in [-0.2, 0) is 9.59 Å². The molecule has 0 unspecified atom stereocenters. The van der Waals surface area contributed by atoms with Gasteiger partial charge in [0.15, 0.2) is 0 Å². The highest BCUT2D eigenvalue weighted by Crippen LogP contribution is 2.53. The number of hydrogen-bond donors (Lipinski definition) is 1. The Bertz CT molecular complexity index is 702. The number of anilines is 1. The first-order chi connectivity index (χ1) is 12.5. The minimum atomic E-state index is -0.776. The Labute approximate surface area is 155 Å². The number of amides is 1. The highest BCUT2D eigenvalue weighted by molar-refractivity contribution is 5.86. The normalized spacial score (nSPS) is 33.5. The molecule has 1 heterocycles. The molecule has 1 aromatic rings. The lowest BCUT2D eigenvalue weighted by molar-refractivity contribution is -0.153. The molecule has 1 N–H and O–H groups in total. The zero-order valence-electron chi connectivity index (χ0n) is 15.6. The van der Waals surface area contributed by atoms with Gasteiger partial charge in [-0.15, -0.1) is 0 Å². The number of carbonyl (C=O) groups is 2. The number of aliphatic carboxylic acids is 1. The summed E-state index contributed by atoms with van der Waals surface area (Å²) >= 11 is 0. The smallest absolute Gasteiger partial charge is 0.307 e. The number of aryl methyl sites for hydroxylation is 1. The minimum Gasteiger partial charge on any atom is -0.481 e. The molecule has 5 atom stereocenters. The molecule has 0 spiro atoms. The van der Waals surface area contributed by atoms with Gasteiger partial charge in [0, 0.05) is 31.4 Å². The minimum absolute atomic E-state index is 0.0833. The van der Waals surface area contributed by atoms with Gasteiger partial charge in [-0.25, -0.2) is 0 Å². The fraction of sp³-hybridized carbons (Fsp3) is 0.619. The summed E-state index contributed by atoms with van der Waals surface area (Å²) in [5.74, 6) is -0.977. The summed E-state index contributed by atoms with van der Waals surface area (Å²) in [7, 11) is 0. The second kappa shape index (κ2) is 6.60. The standard InChI is InChI=1S/C21H28N2O3/c1-13-3-7-17(8-4-13)23-10-9-22(12-14(23)2)20(24)18-15-5-6-16(11-15)19(18)21(25)26/h3-4,7-8,14-16,18-19H,5-6,9-12H2,1-2H3,(H,25,26)/t14-,15+,16-,18+,19-/m0/s1. The zero-order chi connectivity index (χ0) is 18.4. The van der Waals surface area contributed by atoms with Crippen molar-refractivity contribution < 1.29 is 14.7 Å². The van der Waals surface area contributed by atoms with Gasteiger partial charge in [-0.1, -0.05) is 17.7 Å². The molecular formula is C21H28N2O3. The van der Waals surface area contributed by atoms with E-state index in [9.17, 15) is 14.7 Å². The molecule has 1 amide bonds. The van der Waals surface area contributed by atoms with Crippen LogP contribution in [0.5, 0.6) is 0 Å². The number of fused-ring (bicyclic) bond motifs is 2. The Hall–Kier alpha value is -2.04. The van der Waals surface area contributed by atoms with Gasteiger partial charge in [0.2, 0.25) is 5.91 Å². The lowest BCUT2D eigenvalue weighted by atomic mass is 9.78. The number of rotatable bonds is 3. The van der Waals surface area contributed by atoms with Crippen molar-refractivity contribution in [1.82, 2.24) is 4.90 Å². The number of hydrogen-bond acceptors (Lipinski definition) is 3. The molecule has 26 heavy (non-hydrogen) atoms. The molecule has 5 nitrogen and oxygen atoms in total. The molecule has 1 aromatic carbocycles. The first kappa shape index (κ1) is 17.4. The summed E-state index contributed by atoms with van der Waals surface area (Å²) in [6.45, 7) is 6.38. The summed E-state index contributed by atoms with van der Waals surface area (Å²) in [4.78, 5) is 29.2. The monoisotopic (exact) mass is 356 g/mol. The van der Waals surface area contributed by atoms with Crippen molar-refractivity contribution in [3.63, 3.8) is 0 Å². The van der Waals surface area contributed by atoms with E-state index in [-0.39, 0.29) is 29.7 Å². The maximum absolute atomic E-state index is 13.2. The molecule has 2 bridgehead atoms. The largest absolute Gasteiger partial charge is 0.481 e. The van der Waals surface area contributed by atoms with E-state index in [1.165, 1.54) is 11.3 Å². The van der Waals surface area contributed by atoms with Crippen LogP contribution in [0.4, 0.5) is 5.69 Å². The third kappa shape index (κ3) is 2.87. The molecule has 2 aliphatic carbocycles. The van der Waals surface area contributed by atoms with Crippen molar-refractivity contribution in [2.45, 2.75) is 39.2 Å². The van der Waals surface area contributed by atoms with Gasteiger partial charge in [0.25, 0.3) is 0 Å². The van der Waals surface area contributed by atoms with E-state index in [0.717, 1.165) is 25.8 Å². The second-order valence-corrected chi connectivity index (χ2v) is 8.39. The molecule has 0 aromatic heterocycles. The fourth-order valence-electron chi connectivity index (χ4n) is 5.49. The van der Waals surface area contributed by atoms with E-state index in [2.05, 4.69) is 43.0 Å². The average Bonchev–Trinajstić information content (AvgIpc) is 3.23. The second-order valence-electron chi connectivity index (χ2n) is 8.39. The quantitative estimate of drug-likeness (QED) is 0.905. The Balaban J connectivity index is 1.46. The van der Waals surface area contributed by atoms with Crippen LogP contribution in [0.3, 0.4) is 0 Å². The van der Waals surface area contributed by atoms with Crippen LogP contribution in [0.1, 0.15) is 31.7 Å². The van der Waals surface area contributed by atoms with Crippen LogP contribution in [-0.4, -0.2) is 47.6 Å². The lowest BCUT2D eigenvalue weighted by Crippen LogP contribution is -2.56. The van der Waals surface area contributed by atoms with E-state index in [0.29, 0.717) is 13.1 Å². The average molecular weight is 356 g/mol.